The topological polar surface area (TPSA) is 37.9 Å². The molecule has 1 heterocycles. The Morgan fingerprint density at radius 1 is 1.15 bits per heavy atom. The average molecular weight is 270 g/mol. The van der Waals surface area contributed by atoms with Gasteiger partial charge in [-0.1, -0.05) is 18.2 Å². The van der Waals surface area contributed by atoms with Crippen molar-refractivity contribution in [1.29, 1.82) is 0 Å². The molecule has 1 aromatic heterocycles. The highest BCUT2D eigenvalue weighted by molar-refractivity contribution is 5.81. The minimum atomic E-state index is -0.288. The third-order valence-corrected chi connectivity index (χ3v) is 3.35. The van der Waals surface area contributed by atoms with Crippen LogP contribution >= 0.6 is 0 Å². The lowest BCUT2D eigenvalue weighted by atomic mass is 10.1. The molecule has 3 rings (SSSR count). The molecule has 4 heteroatoms. The number of hydrogen-bond acceptors (Lipinski definition) is 2. The maximum absolute atomic E-state index is 13.2. The average Bonchev–Trinajstić information content (AvgIpc) is 2.81. The molecule has 0 aliphatic heterocycles. The summed E-state index contributed by atoms with van der Waals surface area (Å²) in [7, 11) is 0. The minimum absolute atomic E-state index is 0.288. The van der Waals surface area contributed by atoms with Gasteiger partial charge in [-0.05, 0) is 37.1 Å². The number of H-pyrrole nitrogens is 1. The molecule has 3 nitrogen and oxygen atoms in total. The van der Waals surface area contributed by atoms with Crippen LogP contribution in [0.1, 0.15) is 16.8 Å². The summed E-state index contributed by atoms with van der Waals surface area (Å²) >= 11 is 0. The molecule has 0 saturated carbocycles. The smallest absolute Gasteiger partial charge is 0.126 e. The molecule has 102 valence electrons. The summed E-state index contributed by atoms with van der Waals surface area (Å²) in [5, 5.41) is 8.29. The zero-order valence-corrected chi connectivity index (χ0v) is 11.4. The van der Waals surface area contributed by atoms with Crippen LogP contribution in [0.5, 0.6) is 5.75 Å². The van der Waals surface area contributed by atoms with Gasteiger partial charge in [-0.2, -0.15) is 5.10 Å². The summed E-state index contributed by atoms with van der Waals surface area (Å²) in [5.41, 5.74) is 3.89. The van der Waals surface area contributed by atoms with E-state index in [4.69, 9.17) is 4.74 Å². The summed E-state index contributed by atoms with van der Waals surface area (Å²) < 4.78 is 18.9. The molecular weight excluding hydrogens is 255 g/mol. The summed E-state index contributed by atoms with van der Waals surface area (Å²) in [6, 6.07) is 10.6. The van der Waals surface area contributed by atoms with E-state index in [1.165, 1.54) is 12.1 Å². The highest BCUT2D eigenvalue weighted by Crippen LogP contribution is 2.21. The van der Waals surface area contributed by atoms with Gasteiger partial charge in [0, 0.05) is 17.1 Å². The second-order valence-corrected chi connectivity index (χ2v) is 4.90. The number of rotatable bonds is 3. The van der Waals surface area contributed by atoms with Crippen molar-refractivity contribution in [1.82, 2.24) is 10.2 Å². The fraction of sp³-hybridized carbons (Fsp3) is 0.188. The number of halogens is 1. The van der Waals surface area contributed by atoms with Crippen LogP contribution in [0.25, 0.3) is 10.9 Å². The first-order chi connectivity index (χ1) is 9.63. The number of nitrogens with zero attached hydrogens (tertiary/aromatic N) is 1. The third kappa shape index (κ3) is 2.37. The number of benzene rings is 2. The Morgan fingerprint density at radius 2 is 2.00 bits per heavy atom. The lowest BCUT2D eigenvalue weighted by Crippen LogP contribution is -1.97. The Balaban J connectivity index is 1.81. The fourth-order valence-electron chi connectivity index (χ4n) is 2.17. The molecule has 3 aromatic rings. The van der Waals surface area contributed by atoms with Crippen LogP contribution in [0.15, 0.2) is 36.4 Å². The molecule has 1 N–H and O–H groups in total. The predicted octanol–water partition coefficient (Wildman–Crippen LogP) is 3.90. The van der Waals surface area contributed by atoms with Crippen molar-refractivity contribution >= 4 is 10.9 Å². The Kier molecular flexibility index (Phi) is 3.14. The Morgan fingerprint density at radius 3 is 2.85 bits per heavy atom. The molecule has 2 aromatic carbocycles. The summed E-state index contributed by atoms with van der Waals surface area (Å²) in [4.78, 5) is 0. The first-order valence-corrected chi connectivity index (χ1v) is 6.46. The second kappa shape index (κ2) is 4.96. The third-order valence-electron chi connectivity index (χ3n) is 3.35. The number of aromatic amines is 1. The lowest BCUT2D eigenvalue weighted by molar-refractivity contribution is 0.302. The molecule has 0 fully saturated rings. The van der Waals surface area contributed by atoms with Crippen LogP contribution in [-0.2, 0) is 6.61 Å². The van der Waals surface area contributed by atoms with Crippen molar-refractivity contribution in [3.8, 4) is 5.75 Å². The van der Waals surface area contributed by atoms with Crippen molar-refractivity contribution in [2.24, 2.45) is 0 Å². The monoisotopic (exact) mass is 270 g/mol. The SMILES string of the molecule is Cc1ccc(F)cc1OCc1ccc2c(C)[nH]nc2c1. The van der Waals surface area contributed by atoms with E-state index >= 15 is 0 Å². The van der Waals surface area contributed by atoms with Crippen molar-refractivity contribution in [3.05, 3.63) is 59.0 Å². The fourth-order valence-corrected chi connectivity index (χ4v) is 2.17. The summed E-state index contributed by atoms with van der Waals surface area (Å²) in [5.74, 6) is 0.285. The molecule has 0 aliphatic rings. The van der Waals surface area contributed by atoms with E-state index in [9.17, 15) is 4.39 Å². The van der Waals surface area contributed by atoms with Gasteiger partial charge < -0.3 is 4.74 Å². The number of aryl methyl sites for hydroxylation is 2. The van der Waals surface area contributed by atoms with Crippen molar-refractivity contribution in [2.45, 2.75) is 20.5 Å². The first kappa shape index (κ1) is 12.7. The Hall–Kier alpha value is -2.36. The van der Waals surface area contributed by atoms with E-state index in [0.717, 1.165) is 27.7 Å². The normalized spacial score (nSPS) is 10.9. The highest BCUT2D eigenvalue weighted by Gasteiger charge is 2.05. The van der Waals surface area contributed by atoms with Crippen LogP contribution in [0.3, 0.4) is 0 Å². The van der Waals surface area contributed by atoms with E-state index in [0.29, 0.717) is 12.4 Å². The van der Waals surface area contributed by atoms with Crippen LogP contribution < -0.4 is 4.74 Å². The standard InChI is InChI=1S/C16H15FN2O/c1-10-3-5-13(17)8-16(10)20-9-12-4-6-14-11(2)18-19-15(14)7-12/h3-8H,9H2,1-2H3,(H,18,19). The van der Waals surface area contributed by atoms with Gasteiger partial charge in [-0.3, -0.25) is 5.10 Å². The number of ether oxygens (including phenoxy) is 1. The number of hydrogen-bond donors (Lipinski definition) is 1. The molecule has 0 saturated heterocycles. The number of fused-ring (bicyclic) bond motifs is 1. The van der Waals surface area contributed by atoms with Crippen LogP contribution in [0.2, 0.25) is 0 Å². The largest absolute Gasteiger partial charge is 0.489 e. The van der Waals surface area contributed by atoms with Crippen molar-refractivity contribution < 1.29 is 9.13 Å². The highest BCUT2D eigenvalue weighted by atomic mass is 19.1. The van der Waals surface area contributed by atoms with Crippen molar-refractivity contribution in [3.63, 3.8) is 0 Å². The molecule has 0 radical (unpaired) electrons. The number of aromatic nitrogens is 2. The van der Waals surface area contributed by atoms with E-state index in [-0.39, 0.29) is 5.82 Å². The Labute approximate surface area is 116 Å². The predicted molar refractivity (Wildman–Crippen MR) is 76.3 cm³/mol. The van der Waals surface area contributed by atoms with Gasteiger partial charge in [0.05, 0.1) is 5.52 Å². The van der Waals surface area contributed by atoms with Crippen LogP contribution in [0, 0.1) is 19.7 Å². The minimum Gasteiger partial charge on any atom is -0.489 e. The van der Waals surface area contributed by atoms with E-state index in [1.807, 2.05) is 32.0 Å². The van der Waals surface area contributed by atoms with Gasteiger partial charge in [-0.15, -0.1) is 0 Å². The second-order valence-electron chi connectivity index (χ2n) is 4.90. The first-order valence-electron chi connectivity index (χ1n) is 6.46. The molecule has 0 atom stereocenters. The van der Waals surface area contributed by atoms with Gasteiger partial charge in [-0.25, -0.2) is 4.39 Å². The van der Waals surface area contributed by atoms with Gasteiger partial charge in [0.2, 0.25) is 0 Å². The maximum Gasteiger partial charge on any atom is 0.126 e. The summed E-state index contributed by atoms with van der Waals surface area (Å²) in [6.45, 7) is 4.28. The van der Waals surface area contributed by atoms with Gasteiger partial charge in [0.1, 0.15) is 18.2 Å². The van der Waals surface area contributed by atoms with E-state index in [1.54, 1.807) is 6.07 Å². The van der Waals surface area contributed by atoms with E-state index < -0.39 is 0 Å². The maximum atomic E-state index is 13.2. The Bertz CT molecular complexity index is 764. The molecule has 0 amide bonds. The molecule has 20 heavy (non-hydrogen) atoms. The van der Waals surface area contributed by atoms with Crippen LogP contribution in [-0.4, -0.2) is 10.2 Å². The molecular formula is C16H15FN2O. The zero-order valence-electron chi connectivity index (χ0n) is 11.4. The molecule has 0 bridgehead atoms. The van der Waals surface area contributed by atoms with Gasteiger partial charge in [0.25, 0.3) is 0 Å². The lowest BCUT2D eigenvalue weighted by Gasteiger charge is -2.09. The number of nitrogens with one attached hydrogen (secondary N) is 1. The van der Waals surface area contributed by atoms with Gasteiger partial charge in [0.15, 0.2) is 0 Å². The van der Waals surface area contributed by atoms with Gasteiger partial charge >= 0.3 is 0 Å². The summed E-state index contributed by atoms with van der Waals surface area (Å²) in [6.07, 6.45) is 0. The zero-order chi connectivity index (χ0) is 14.1. The molecule has 0 spiro atoms. The quantitative estimate of drug-likeness (QED) is 0.783. The van der Waals surface area contributed by atoms with Crippen LogP contribution in [0.4, 0.5) is 4.39 Å². The molecule has 0 unspecified atom stereocenters. The molecule has 0 aliphatic carbocycles. The van der Waals surface area contributed by atoms with E-state index in [2.05, 4.69) is 10.2 Å². The van der Waals surface area contributed by atoms with Crippen molar-refractivity contribution in [2.75, 3.05) is 0 Å².